The molecule has 1 N–H and O–H groups in total. The van der Waals surface area contributed by atoms with E-state index in [9.17, 15) is 9.59 Å². The highest BCUT2D eigenvalue weighted by molar-refractivity contribution is 5.78. The summed E-state index contributed by atoms with van der Waals surface area (Å²) in [5.74, 6) is 1.11. The van der Waals surface area contributed by atoms with Gasteiger partial charge in [-0.15, -0.1) is 0 Å². The van der Waals surface area contributed by atoms with Crippen molar-refractivity contribution in [2.24, 2.45) is 5.92 Å². The molecule has 0 aliphatic carbocycles. The van der Waals surface area contributed by atoms with E-state index in [1.165, 1.54) is 18.2 Å². The molecular formula is C21H26N4O2. The summed E-state index contributed by atoms with van der Waals surface area (Å²) in [5.41, 5.74) is 1.56. The van der Waals surface area contributed by atoms with E-state index < -0.39 is 0 Å². The first-order chi connectivity index (χ1) is 13.1. The second kappa shape index (κ2) is 7.64. The topological polar surface area (TPSA) is 69.3 Å². The summed E-state index contributed by atoms with van der Waals surface area (Å²) in [6, 6.07) is 10.9. The molecule has 1 aromatic carbocycles. The molecule has 6 nitrogen and oxygen atoms in total. The van der Waals surface area contributed by atoms with Gasteiger partial charge in [-0.05, 0) is 31.2 Å². The highest BCUT2D eigenvalue weighted by atomic mass is 16.2. The lowest BCUT2D eigenvalue weighted by atomic mass is 9.94. The van der Waals surface area contributed by atoms with Crippen LogP contribution in [0.15, 0.2) is 41.3 Å². The van der Waals surface area contributed by atoms with Gasteiger partial charge in [-0.25, -0.2) is 4.98 Å². The van der Waals surface area contributed by atoms with Gasteiger partial charge in [-0.2, -0.15) is 0 Å². The van der Waals surface area contributed by atoms with E-state index >= 15 is 0 Å². The van der Waals surface area contributed by atoms with Gasteiger partial charge < -0.3 is 9.88 Å². The number of nitrogens with one attached hydrogen (secondary N) is 1. The van der Waals surface area contributed by atoms with Crippen LogP contribution < -0.4 is 5.56 Å². The number of aryl methyl sites for hydroxylation is 1. The molecule has 27 heavy (non-hydrogen) atoms. The van der Waals surface area contributed by atoms with Gasteiger partial charge in [-0.1, -0.05) is 30.3 Å². The predicted octanol–water partition coefficient (Wildman–Crippen LogP) is 1.74. The molecule has 0 unspecified atom stereocenters. The molecule has 1 amide bonds. The van der Waals surface area contributed by atoms with E-state index in [1.807, 2.05) is 11.0 Å². The quantitative estimate of drug-likeness (QED) is 0.895. The Morgan fingerprint density at radius 1 is 1.19 bits per heavy atom. The maximum atomic E-state index is 12.9. The van der Waals surface area contributed by atoms with E-state index in [-0.39, 0.29) is 17.9 Å². The normalized spacial score (nSPS) is 22.6. The number of fused-ring (bicyclic) bond motifs is 4. The van der Waals surface area contributed by atoms with Crippen LogP contribution in [0.1, 0.15) is 29.8 Å². The van der Waals surface area contributed by atoms with Gasteiger partial charge in [0, 0.05) is 44.0 Å². The highest BCUT2D eigenvalue weighted by Gasteiger charge is 2.36. The van der Waals surface area contributed by atoms with E-state index in [4.69, 9.17) is 0 Å². The number of amides is 1. The van der Waals surface area contributed by atoms with Crippen LogP contribution in [-0.2, 0) is 17.8 Å². The molecule has 0 radical (unpaired) electrons. The molecule has 142 valence electrons. The first kappa shape index (κ1) is 17.9. The van der Waals surface area contributed by atoms with Crippen LogP contribution in [0.25, 0.3) is 0 Å². The van der Waals surface area contributed by atoms with Crippen LogP contribution in [-0.4, -0.2) is 51.4 Å². The van der Waals surface area contributed by atoms with Gasteiger partial charge in [0.1, 0.15) is 5.82 Å². The standard InChI is InChI=1S/C21H26N4O2/c1-15-22-10-18(21(27)23-15)9-20(26)25-13-17-7-8-19(14-25)24(12-17)11-16-5-3-2-4-6-16/h2-6,10,17,19H,7-9,11-14H2,1H3,(H,22,23,27)/t17-,19-/m1/s1. The Hall–Kier alpha value is -2.47. The van der Waals surface area contributed by atoms with Crippen LogP contribution in [0.2, 0.25) is 0 Å². The molecule has 3 saturated heterocycles. The molecule has 2 bridgehead atoms. The second-order valence-electron chi connectivity index (χ2n) is 7.81. The minimum Gasteiger partial charge on any atom is -0.341 e. The Balaban J connectivity index is 1.45. The lowest BCUT2D eigenvalue weighted by Gasteiger charge is -2.36. The zero-order valence-corrected chi connectivity index (χ0v) is 15.7. The van der Waals surface area contributed by atoms with E-state index in [0.29, 0.717) is 23.3 Å². The van der Waals surface area contributed by atoms with Gasteiger partial charge in [0.25, 0.3) is 5.56 Å². The van der Waals surface area contributed by atoms with Crippen molar-refractivity contribution in [1.82, 2.24) is 19.8 Å². The average molecular weight is 366 g/mol. The lowest BCUT2D eigenvalue weighted by molar-refractivity contribution is -0.130. The lowest BCUT2D eigenvalue weighted by Crippen LogP contribution is -2.44. The number of rotatable bonds is 4. The van der Waals surface area contributed by atoms with Gasteiger partial charge in [-0.3, -0.25) is 14.5 Å². The third kappa shape index (κ3) is 4.11. The zero-order chi connectivity index (χ0) is 18.8. The number of hydrogen-bond acceptors (Lipinski definition) is 4. The van der Waals surface area contributed by atoms with Crippen LogP contribution in [0.4, 0.5) is 0 Å². The molecule has 6 heteroatoms. The number of H-pyrrole nitrogens is 1. The van der Waals surface area contributed by atoms with Crippen molar-refractivity contribution < 1.29 is 4.79 Å². The maximum absolute atomic E-state index is 12.9. The molecule has 5 rings (SSSR count). The first-order valence-electron chi connectivity index (χ1n) is 9.69. The highest BCUT2D eigenvalue weighted by Crippen LogP contribution is 2.29. The SMILES string of the molecule is Cc1ncc(CC(=O)N2C[C@@H]3CC[C@H](C2)N(Cc2ccccc2)C3)c(=O)[nH]1. The molecule has 0 saturated carbocycles. The summed E-state index contributed by atoms with van der Waals surface area (Å²) in [5, 5.41) is 0. The number of piperidine rings is 1. The number of aromatic amines is 1. The second-order valence-corrected chi connectivity index (χ2v) is 7.81. The largest absolute Gasteiger partial charge is 0.341 e. The monoisotopic (exact) mass is 366 g/mol. The van der Waals surface area contributed by atoms with Crippen molar-refractivity contribution >= 4 is 5.91 Å². The zero-order valence-electron chi connectivity index (χ0n) is 15.7. The number of benzene rings is 1. The summed E-state index contributed by atoms with van der Waals surface area (Å²) in [7, 11) is 0. The van der Waals surface area contributed by atoms with Crippen molar-refractivity contribution in [2.75, 3.05) is 19.6 Å². The van der Waals surface area contributed by atoms with Gasteiger partial charge in [0.15, 0.2) is 0 Å². The molecule has 3 fully saturated rings. The van der Waals surface area contributed by atoms with Gasteiger partial charge in [0.2, 0.25) is 5.91 Å². The van der Waals surface area contributed by atoms with Crippen LogP contribution in [0.5, 0.6) is 0 Å². The average Bonchev–Trinajstić information content (AvgIpc) is 2.97. The number of hydrogen-bond donors (Lipinski definition) is 1. The van der Waals surface area contributed by atoms with E-state index in [0.717, 1.165) is 32.6 Å². The Bertz CT molecular complexity index is 864. The fourth-order valence-corrected chi connectivity index (χ4v) is 4.31. The minimum atomic E-state index is -0.209. The Morgan fingerprint density at radius 3 is 2.78 bits per heavy atom. The van der Waals surface area contributed by atoms with Crippen molar-refractivity contribution in [2.45, 2.75) is 38.8 Å². The summed E-state index contributed by atoms with van der Waals surface area (Å²) >= 11 is 0. The van der Waals surface area contributed by atoms with Crippen molar-refractivity contribution in [1.29, 1.82) is 0 Å². The Morgan fingerprint density at radius 2 is 2.00 bits per heavy atom. The maximum Gasteiger partial charge on any atom is 0.254 e. The van der Waals surface area contributed by atoms with E-state index in [1.54, 1.807) is 6.92 Å². The molecule has 2 atom stereocenters. The van der Waals surface area contributed by atoms with Crippen LogP contribution in [0.3, 0.4) is 0 Å². The summed E-state index contributed by atoms with van der Waals surface area (Å²) in [6.07, 6.45) is 3.96. The fourth-order valence-electron chi connectivity index (χ4n) is 4.31. The van der Waals surface area contributed by atoms with Crippen molar-refractivity contribution in [3.05, 3.63) is 63.8 Å². The van der Waals surface area contributed by atoms with Crippen LogP contribution in [0, 0.1) is 12.8 Å². The number of nitrogens with zero attached hydrogens (tertiary/aromatic N) is 3. The molecule has 3 aliphatic heterocycles. The fraction of sp³-hybridized carbons (Fsp3) is 0.476. The smallest absolute Gasteiger partial charge is 0.254 e. The Labute approximate surface area is 159 Å². The molecule has 4 heterocycles. The summed E-state index contributed by atoms with van der Waals surface area (Å²) in [4.78, 5) is 36.2. The molecular weight excluding hydrogens is 340 g/mol. The molecule has 3 aliphatic rings. The van der Waals surface area contributed by atoms with Crippen molar-refractivity contribution in [3.8, 4) is 0 Å². The summed E-state index contributed by atoms with van der Waals surface area (Å²) in [6.45, 7) is 5.25. The van der Waals surface area contributed by atoms with Crippen LogP contribution >= 0.6 is 0 Å². The summed E-state index contributed by atoms with van der Waals surface area (Å²) < 4.78 is 0. The van der Waals surface area contributed by atoms with Gasteiger partial charge in [0.05, 0.1) is 6.42 Å². The molecule has 0 spiro atoms. The first-order valence-corrected chi connectivity index (χ1v) is 9.69. The van der Waals surface area contributed by atoms with E-state index in [2.05, 4.69) is 39.1 Å². The Kier molecular flexibility index (Phi) is 5.07. The number of carbonyl (C=O) groups excluding carboxylic acids is 1. The number of carbonyl (C=O) groups is 1. The molecule has 1 aromatic heterocycles. The molecule has 2 aromatic rings. The van der Waals surface area contributed by atoms with Crippen molar-refractivity contribution in [3.63, 3.8) is 0 Å². The van der Waals surface area contributed by atoms with Gasteiger partial charge >= 0.3 is 0 Å². The number of aromatic nitrogens is 2. The third-order valence-electron chi connectivity index (χ3n) is 5.75. The third-order valence-corrected chi connectivity index (χ3v) is 5.75. The minimum absolute atomic E-state index is 0.0321. The predicted molar refractivity (Wildman–Crippen MR) is 103 cm³/mol.